The lowest BCUT2D eigenvalue weighted by molar-refractivity contribution is 1.19. The first-order valence-electron chi connectivity index (χ1n) is 8.88. The highest BCUT2D eigenvalue weighted by Crippen LogP contribution is 2.26. The summed E-state index contributed by atoms with van der Waals surface area (Å²) in [6.45, 7) is 0. The summed E-state index contributed by atoms with van der Waals surface area (Å²) in [5.41, 5.74) is 12.0. The molecule has 0 spiro atoms. The van der Waals surface area contributed by atoms with Crippen molar-refractivity contribution in [3.63, 3.8) is 0 Å². The van der Waals surface area contributed by atoms with E-state index in [0.29, 0.717) is 0 Å². The Morgan fingerprint density at radius 1 is 0.654 bits per heavy atom. The Hall–Kier alpha value is -3.32. The molecule has 1 nitrogen and oxygen atoms in total. The van der Waals surface area contributed by atoms with Crippen molar-refractivity contribution in [3.8, 4) is 11.1 Å². The van der Waals surface area contributed by atoms with E-state index in [1.165, 1.54) is 38.6 Å². The summed E-state index contributed by atoms with van der Waals surface area (Å²) in [6.07, 6.45) is 4.53. The Kier molecular flexibility index (Phi) is 4.53. The summed E-state index contributed by atoms with van der Waals surface area (Å²) in [7, 11) is 0. The zero-order chi connectivity index (χ0) is 17.8. The van der Waals surface area contributed by atoms with Gasteiger partial charge >= 0.3 is 0 Å². The minimum atomic E-state index is 0.888. The van der Waals surface area contributed by atoms with Crippen LogP contribution in [0.15, 0.2) is 97.2 Å². The molecule has 2 N–H and O–H groups in total. The van der Waals surface area contributed by atoms with Crippen LogP contribution in [-0.2, 0) is 6.42 Å². The predicted octanol–water partition coefficient (Wildman–Crippen LogP) is 6.03. The Bertz CT molecular complexity index is 1040. The van der Waals surface area contributed by atoms with Gasteiger partial charge < -0.3 is 5.73 Å². The number of rotatable bonds is 4. The van der Waals surface area contributed by atoms with E-state index in [2.05, 4.69) is 84.9 Å². The van der Waals surface area contributed by atoms with Gasteiger partial charge in [0.1, 0.15) is 0 Å². The van der Waals surface area contributed by atoms with E-state index in [9.17, 15) is 0 Å². The maximum Gasteiger partial charge on any atom is -0.00196 e. The largest absolute Gasteiger partial charge is 0.405 e. The number of nitrogens with two attached hydrogens (primary N) is 1. The number of hydrogen-bond acceptors (Lipinski definition) is 1. The summed E-state index contributed by atoms with van der Waals surface area (Å²) < 4.78 is 0. The van der Waals surface area contributed by atoms with E-state index < -0.39 is 0 Å². The molecule has 4 aromatic rings. The zero-order valence-corrected chi connectivity index (χ0v) is 14.6. The summed E-state index contributed by atoms with van der Waals surface area (Å²) in [4.78, 5) is 0. The van der Waals surface area contributed by atoms with Gasteiger partial charge in [0, 0.05) is 0 Å². The van der Waals surface area contributed by atoms with Crippen molar-refractivity contribution in [2.24, 2.45) is 5.73 Å². The fourth-order valence-corrected chi connectivity index (χ4v) is 3.45. The average molecular weight is 335 g/mol. The van der Waals surface area contributed by atoms with E-state index in [4.69, 9.17) is 5.73 Å². The maximum atomic E-state index is 5.72. The van der Waals surface area contributed by atoms with Gasteiger partial charge in [-0.3, -0.25) is 0 Å². The first-order chi connectivity index (χ1) is 12.8. The molecule has 0 aromatic heterocycles. The summed E-state index contributed by atoms with van der Waals surface area (Å²) in [5.74, 6) is 0. The molecule has 1 heteroatoms. The van der Waals surface area contributed by atoms with Crippen LogP contribution in [0.25, 0.3) is 28.0 Å². The molecule has 0 bridgehead atoms. The molecule has 0 aliphatic carbocycles. The molecule has 4 aromatic carbocycles. The molecule has 26 heavy (non-hydrogen) atoms. The third-order valence-electron chi connectivity index (χ3n) is 4.78. The molecule has 0 radical (unpaired) electrons. The molecule has 0 amide bonds. The monoisotopic (exact) mass is 335 g/mol. The lowest BCUT2D eigenvalue weighted by Gasteiger charge is -2.11. The van der Waals surface area contributed by atoms with Crippen molar-refractivity contribution < 1.29 is 0 Å². The minimum Gasteiger partial charge on any atom is -0.405 e. The third-order valence-corrected chi connectivity index (χ3v) is 4.78. The van der Waals surface area contributed by atoms with Crippen molar-refractivity contribution >= 4 is 16.8 Å². The number of benzene rings is 4. The van der Waals surface area contributed by atoms with Gasteiger partial charge in [0.15, 0.2) is 0 Å². The van der Waals surface area contributed by atoms with Crippen molar-refractivity contribution in [1.29, 1.82) is 0 Å². The quantitative estimate of drug-likeness (QED) is 0.484. The fourth-order valence-electron chi connectivity index (χ4n) is 3.45. The van der Waals surface area contributed by atoms with E-state index in [1.807, 2.05) is 12.1 Å². The Balaban J connectivity index is 1.68. The molecule has 0 saturated heterocycles. The molecular formula is C25H21N. The van der Waals surface area contributed by atoms with E-state index in [-0.39, 0.29) is 0 Å². The third kappa shape index (κ3) is 3.25. The Labute approximate surface area is 154 Å². The van der Waals surface area contributed by atoms with Gasteiger partial charge in [0.2, 0.25) is 0 Å². The van der Waals surface area contributed by atoms with Crippen LogP contribution >= 0.6 is 0 Å². The molecule has 0 saturated carbocycles. The van der Waals surface area contributed by atoms with Gasteiger partial charge in [-0.25, -0.2) is 0 Å². The van der Waals surface area contributed by atoms with Crippen LogP contribution in [-0.4, -0.2) is 0 Å². The number of hydrogen-bond donors (Lipinski definition) is 1. The zero-order valence-electron chi connectivity index (χ0n) is 14.6. The first-order valence-corrected chi connectivity index (χ1v) is 8.88. The minimum absolute atomic E-state index is 0.888. The molecular weight excluding hydrogens is 314 g/mol. The second kappa shape index (κ2) is 7.28. The second-order valence-electron chi connectivity index (χ2n) is 6.46. The smallest absolute Gasteiger partial charge is 0.00196 e. The predicted molar refractivity (Wildman–Crippen MR) is 112 cm³/mol. The molecule has 0 aliphatic heterocycles. The highest BCUT2D eigenvalue weighted by Gasteiger charge is 2.06. The van der Waals surface area contributed by atoms with Gasteiger partial charge in [-0.1, -0.05) is 91.0 Å². The highest BCUT2D eigenvalue weighted by molar-refractivity contribution is 5.92. The summed E-state index contributed by atoms with van der Waals surface area (Å²) >= 11 is 0. The lowest BCUT2D eigenvalue weighted by atomic mass is 9.93. The Morgan fingerprint density at radius 2 is 1.35 bits per heavy atom. The first kappa shape index (κ1) is 16.2. The van der Waals surface area contributed by atoms with Crippen LogP contribution in [0.4, 0.5) is 0 Å². The second-order valence-corrected chi connectivity index (χ2v) is 6.46. The van der Waals surface area contributed by atoms with Crippen LogP contribution in [0.5, 0.6) is 0 Å². The topological polar surface area (TPSA) is 26.0 Å². The summed E-state index contributed by atoms with van der Waals surface area (Å²) in [5, 5.41) is 2.48. The molecule has 126 valence electrons. The van der Waals surface area contributed by atoms with Crippen molar-refractivity contribution in [2.75, 3.05) is 0 Å². The number of fused-ring (bicyclic) bond motifs is 1. The van der Waals surface area contributed by atoms with E-state index >= 15 is 0 Å². The molecule has 4 rings (SSSR count). The van der Waals surface area contributed by atoms with Crippen molar-refractivity contribution in [3.05, 3.63) is 114 Å². The standard InChI is InChI=1S/C25H21N/c26-17-16-25-23(15-14-22-8-4-5-9-24(22)25)18-19-10-12-21(13-11-19)20-6-2-1-3-7-20/h1-17H,18,26H2/b17-16-. The van der Waals surface area contributed by atoms with Crippen molar-refractivity contribution in [1.82, 2.24) is 0 Å². The average Bonchev–Trinajstić information content (AvgIpc) is 2.71. The maximum absolute atomic E-state index is 5.72. The van der Waals surface area contributed by atoms with Crippen LogP contribution in [0, 0.1) is 0 Å². The van der Waals surface area contributed by atoms with Gasteiger partial charge in [-0.15, -0.1) is 0 Å². The van der Waals surface area contributed by atoms with Crippen LogP contribution in [0.1, 0.15) is 16.7 Å². The van der Waals surface area contributed by atoms with Gasteiger partial charge in [0.25, 0.3) is 0 Å². The molecule has 0 unspecified atom stereocenters. The molecule has 0 aliphatic rings. The molecule has 0 fully saturated rings. The Morgan fingerprint density at radius 3 is 2.12 bits per heavy atom. The highest BCUT2D eigenvalue weighted by atomic mass is 14.5. The van der Waals surface area contributed by atoms with Gasteiger partial charge in [0.05, 0.1) is 0 Å². The summed E-state index contributed by atoms with van der Waals surface area (Å²) in [6, 6.07) is 32.2. The van der Waals surface area contributed by atoms with Crippen LogP contribution < -0.4 is 5.73 Å². The van der Waals surface area contributed by atoms with Gasteiger partial charge in [-0.2, -0.15) is 0 Å². The fraction of sp³-hybridized carbons (Fsp3) is 0.0400. The van der Waals surface area contributed by atoms with E-state index in [1.54, 1.807) is 6.20 Å². The molecule has 0 heterocycles. The van der Waals surface area contributed by atoms with Gasteiger partial charge in [-0.05, 0) is 57.3 Å². The SMILES string of the molecule is N/C=C\c1c(Cc2ccc(-c3ccccc3)cc2)ccc2ccccc12. The lowest BCUT2D eigenvalue weighted by Crippen LogP contribution is -1.94. The normalized spacial score (nSPS) is 11.2. The van der Waals surface area contributed by atoms with E-state index in [0.717, 1.165) is 6.42 Å². The molecule has 0 atom stereocenters. The van der Waals surface area contributed by atoms with Crippen LogP contribution in [0.3, 0.4) is 0 Å². The van der Waals surface area contributed by atoms with Crippen molar-refractivity contribution in [2.45, 2.75) is 6.42 Å². The van der Waals surface area contributed by atoms with Crippen LogP contribution in [0.2, 0.25) is 0 Å².